The van der Waals surface area contributed by atoms with Crippen molar-refractivity contribution in [1.82, 2.24) is 9.97 Å². The second kappa shape index (κ2) is 12.2. The molecule has 0 aliphatic carbocycles. The number of methoxy groups -OCH3 is 1. The van der Waals surface area contributed by atoms with Crippen LogP contribution in [0.15, 0.2) is 176 Å². The lowest BCUT2D eigenvalue weighted by molar-refractivity contribution is 0.416. The molecule has 244 valence electrons. The first-order chi connectivity index (χ1) is 25.7. The number of aromatic nitrogens is 2. The molecule has 0 spiro atoms. The topological polar surface area (TPSA) is 35.0 Å². The van der Waals surface area contributed by atoms with Crippen LogP contribution in [0.25, 0.3) is 98.9 Å². The SMILES string of the molecule is COc1ccccc1-c1ccc2ccc3ccc(-c4ccc(-c5c6ccccc6c(-c6cccc7ccccc67)c6ccccc56)cc4)nc3c2n1. The average molecular weight is 665 g/mol. The quantitative estimate of drug-likeness (QED) is 0.136. The second-order valence-corrected chi connectivity index (χ2v) is 13.2. The summed E-state index contributed by atoms with van der Waals surface area (Å²) in [4.78, 5) is 10.4. The maximum Gasteiger partial charge on any atom is 0.128 e. The lowest BCUT2D eigenvalue weighted by Gasteiger charge is -2.19. The van der Waals surface area contributed by atoms with E-state index in [1.54, 1.807) is 7.11 Å². The van der Waals surface area contributed by atoms with Gasteiger partial charge in [0.05, 0.1) is 29.5 Å². The van der Waals surface area contributed by atoms with Crippen molar-refractivity contribution in [3.05, 3.63) is 176 Å². The molecule has 0 amide bonds. The van der Waals surface area contributed by atoms with E-state index >= 15 is 0 Å². The minimum absolute atomic E-state index is 0.798. The summed E-state index contributed by atoms with van der Waals surface area (Å²) in [7, 11) is 1.70. The Balaban J connectivity index is 1.11. The van der Waals surface area contributed by atoms with Crippen LogP contribution in [0, 0.1) is 0 Å². The van der Waals surface area contributed by atoms with Gasteiger partial charge in [-0.1, -0.05) is 152 Å². The minimum atomic E-state index is 0.798. The van der Waals surface area contributed by atoms with Crippen LogP contribution in [0.3, 0.4) is 0 Å². The molecule has 0 fully saturated rings. The predicted octanol–water partition coefficient (Wildman–Crippen LogP) is 12.9. The Hall–Kier alpha value is -6.84. The molecule has 0 atom stereocenters. The summed E-state index contributed by atoms with van der Waals surface area (Å²) in [6.45, 7) is 0. The van der Waals surface area contributed by atoms with Crippen molar-refractivity contribution < 1.29 is 4.74 Å². The van der Waals surface area contributed by atoms with Crippen molar-refractivity contribution in [2.24, 2.45) is 0 Å². The van der Waals surface area contributed by atoms with Gasteiger partial charge in [-0.15, -0.1) is 0 Å². The third kappa shape index (κ3) is 4.82. The molecule has 52 heavy (non-hydrogen) atoms. The molecule has 2 heterocycles. The van der Waals surface area contributed by atoms with E-state index in [2.05, 4.69) is 152 Å². The summed E-state index contributed by atoms with van der Waals surface area (Å²) < 4.78 is 5.65. The van der Waals surface area contributed by atoms with Crippen LogP contribution in [0.1, 0.15) is 0 Å². The fraction of sp³-hybridized carbons (Fsp3) is 0.0204. The molecule has 3 nitrogen and oxygen atoms in total. The van der Waals surface area contributed by atoms with E-state index < -0.39 is 0 Å². The highest BCUT2D eigenvalue weighted by atomic mass is 16.5. The van der Waals surface area contributed by atoms with Crippen LogP contribution >= 0.6 is 0 Å². The third-order valence-corrected chi connectivity index (χ3v) is 10.4. The van der Waals surface area contributed by atoms with Crippen LogP contribution in [0.4, 0.5) is 0 Å². The van der Waals surface area contributed by atoms with E-state index in [1.807, 2.05) is 24.3 Å². The molecule has 10 rings (SSSR count). The highest BCUT2D eigenvalue weighted by Gasteiger charge is 2.18. The molecule has 0 unspecified atom stereocenters. The van der Waals surface area contributed by atoms with Crippen molar-refractivity contribution in [3.8, 4) is 50.5 Å². The first-order valence-electron chi connectivity index (χ1n) is 17.6. The largest absolute Gasteiger partial charge is 0.496 e. The highest BCUT2D eigenvalue weighted by Crippen LogP contribution is 2.45. The first-order valence-corrected chi connectivity index (χ1v) is 17.6. The summed E-state index contributed by atoms with van der Waals surface area (Å²) >= 11 is 0. The zero-order chi connectivity index (χ0) is 34.6. The highest BCUT2D eigenvalue weighted by molar-refractivity contribution is 6.23. The van der Waals surface area contributed by atoms with E-state index in [1.165, 1.54) is 54.6 Å². The molecule has 0 aliphatic rings. The lowest BCUT2D eigenvalue weighted by Crippen LogP contribution is -1.93. The molecule has 0 saturated heterocycles. The molecule has 10 aromatic rings. The van der Waals surface area contributed by atoms with Gasteiger partial charge in [0, 0.05) is 21.9 Å². The monoisotopic (exact) mass is 664 g/mol. The maximum absolute atomic E-state index is 5.65. The van der Waals surface area contributed by atoms with Crippen LogP contribution in [0.2, 0.25) is 0 Å². The van der Waals surface area contributed by atoms with Crippen LogP contribution < -0.4 is 4.74 Å². The number of benzene rings is 8. The summed E-state index contributed by atoms with van der Waals surface area (Å²) in [6.07, 6.45) is 0. The maximum atomic E-state index is 5.65. The zero-order valence-electron chi connectivity index (χ0n) is 28.5. The van der Waals surface area contributed by atoms with Crippen molar-refractivity contribution in [3.63, 3.8) is 0 Å². The van der Waals surface area contributed by atoms with Crippen molar-refractivity contribution >= 4 is 54.1 Å². The molecule has 0 N–H and O–H groups in total. The third-order valence-electron chi connectivity index (χ3n) is 10.4. The van der Waals surface area contributed by atoms with Gasteiger partial charge in [0.25, 0.3) is 0 Å². The average Bonchev–Trinajstić information content (AvgIpc) is 3.22. The fourth-order valence-electron chi connectivity index (χ4n) is 7.92. The van der Waals surface area contributed by atoms with Gasteiger partial charge >= 0.3 is 0 Å². The molecular weight excluding hydrogens is 633 g/mol. The van der Waals surface area contributed by atoms with Gasteiger partial charge in [0.15, 0.2) is 0 Å². The number of pyridine rings is 2. The summed E-state index contributed by atoms with van der Waals surface area (Å²) in [5.41, 5.74) is 10.5. The smallest absolute Gasteiger partial charge is 0.128 e. The van der Waals surface area contributed by atoms with Crippen molar-refractivity contribution in [2.45, 2.75) is 0 Å². The van der Waals surface area contributed by atoms with Crippen molar-refractivity contribution in [2.75, 3.05) is 7.11 Å². The Morgan fingerprint density at radius 3 is 1.50 bits per heavy atom. The molecule has 0 saturated carbocycles. The summed E-state index contributed by atoms with van der Waals surface area (Å²) in [6, 6.07) is 62.6. The van der Waals surface area contributed by atoms with E-state index in [9.17, 15) is 0 Å². The molecular formula is C49H32N2O. The number of para-hydroxylation sites is 1. The van der Waals surface area contributed by atoms with Gasteiger partial charge in [-0.05, 0) is 78.8 Å². The Labute approximate surface area is 301 Å². The zero-order valence-corrected chi connectivity index (χ0v) is 28.5. The Kier molecular flexibility index (Phi) is 7.04. The van der Waals surface area contributed by atoms with Gasteiger partial charge in [-0.25, -0.2) is 9.97 Å². The van der Waals surface area contributed by atoms with Gasteiger partial charge in [0.2, 0.25) is 0 Å². The molecule has 2 aromatic heterocycles. The normalized spacial score (nSPS) is 11.6. The van der Waals surface area contributed by atoms with Crippen LogP contribution in [-0.4, -0.2) is 17.1 Å². The number of rotatable bonds is 5. The molecule has 0 radical (unpaired) electrons. The number of hydrogen-bond acceptors (Lipinski definition) is 3. The van der Waals surface area contributed by atoms with Crippen LogP contribution in [-0.2, 0) is 0 Å². The van der Waals surface area contributed by atoms with Gasteiger partial charge < -0.3 is 4.74 Å². The Morgan fingerprint density at radius 2 is 0.827 bits per heavy atom. The number of hydrogen-bond donors (Lipinski definition) is 0. The molecule has 0 bridgehead atoms. The minimum Gasteiger partial charge on any atom is -0.496 e. The van der Waals surface area contributed by atoms with Crippen LogP contribution in [0.5, 0.6) is 5.75 Å². The van der Waals surface area contributed by atoms with E-state index in [4.69, 9.17) is 14.7 Å². The van der Waals surface area contributed by atoms with Gasteiger partial charge in [0.1, 0.15) is 5.75 Å². The van der Waals surface area contributed by atoms with E-state index in [0.29, 0.717) is 0 Å². The molecule has 8 aromatic carbocycles. The summed E-state index contributed by atoms with van der Waals surface area (Å²) in [5, 5.41) is 9.60. The fourth-order valence-corrected chi connectivity index (χ4v) is 7.92. The van der Waals surface area contributed by atoms with Gasteiger partial charge in [-0.2, -0.15) is 0 Å². The standard InChI is InChI=1S/C49H32N2O/c1-52-45-20-9-8-18-42(45)44-30-28-35-26-25-34-27-29-43(50-48(34)49(35)51-44)32-21-23-33(24-22-32)46-38-14-4-6-16-40(38)47(41-17-7-5-15-39(41)46)37-19-10-12-31-11-2-3-13-36(31)37/h2-30H,1H3. The number of fused-ring (bicyclic) bond motifs is 6. The molecule has 3 heteroatoms. The Bertz CT molecular complexity index is 2940. The second-order valence-electron chi connectivity index (χ2n) is 13.2. The number of ether oxygens (including phenoxy) is 1. The van der Waals surface area contributed by atoms with Gasteiger partial charge in [-0.3, -0.25) is 0 Å². The Morgan fingerprint density at radius 1 is 0.346 bits per heavy atom. The van der Waals surface area contributed by atoms with Crippen molar-refractivity contribution in [1.29, 1.82) is 0 Å². The summed E-state index contributed by atoms with van der Waals surface area (Å²) in [5.74, 6) is 0.798. The molecule has 0 aliphatic heterocycles. The van der Waals surface area contributed by atoms with E-state index in [0.717, 1.165) is 50.1 Å². The lowest BCUT2D eigenvalue weighted by atomic mass is 9.84. The number of nitrogens with zero attached hydrogens (tertiary/aromatic N) is 2. The predicted molar refractivity (Wildman–Crippen MR) is 218 cm³/mol. The van der Waals surface area contributed by atoms with E-state index in [-0.39, 0.29) is 0 Å². The first kappa shape index (κ1) is 30.0.